The van der Waals surface area contributed by atoms with E-state index in [9.17, 15) is 4.79 Å². The van der Waals surface area contributed by atoms with Crippen molar-refractivity contribution in [2.45, 2.75) is 6.92 Å². The van der Waals surface area contributed by atoms with Crippen LogP contribution in [0.25, 0.3) is 16.7 Å². The van der Waals surface area contributed by atoms with Gasteiger partial charge in [0.05, 0.1) is 12.7 Å². The first-order valence-electron chi connectivity index (χ1n) is 6.14. The summed E-state index contributed by atoms with van der Waals surface area (Å²) in [6, 6.07) is 15.1. The third-order valence-electron chi connectivity index (χ3n) is 3.02. The number of carbonyl (C=O) groups excluding carboxylic acids is 1. The van der Waals surface area contributed by atoms with Crippen molar-refractivity contribution in [1.29, 1.82) is 0 Å². The number of methoxy groups -OCH3 is 1. The van der Waals surface area contributed by atoms with Gasteiger partial charge in [0.2, 0.25) is 0 Å². The molecular formula is C16H14N2O2. The van der Waals surface area contributed by atoms with Crippen LogP contribution in [0.15, 0.2) is 48.5 Å². The maximum atomic E-state index is 11.7. The zero-order valence-electron chi connectivity index (χ0n) is 11.3. The maximum absolute atomic E-state index is 11.7. The molecule has 0 aliphatic carbocycles. The van der Waals surface area contributed by atoms with E-state index in [-0.39, 0.29) is 5.71 Å². The Balaban J connectivity index is 2.59. The van der Waals surface area contributed by atoms with Crippen LogP contribution < -0.4 is 0 Å². The van der Waals surface area contributed by atoms with Crippen molar-refractivity contribution < 1.29 is 14.3 Å². The molecule has 2 aromatic rings. The molecule has 0 aliphatic heterocycles. The van der Waals surface area contributed by atoms with Gasteiger partial charge in [0.1, 0.15) is 0 Å². The normalized spacial score (nSPS) is 9.70. The second kappa shape index (κ2) is 5.95. The van der Waals surface area contributed by atoms with Gasteiger partial charge in [-0.05, 0) is 24.1 Å². The van der Waals surface area contributed by atoms with Crippen LogP contribution in [0.2, 0.25) is 0 Å². The molecule has 2 rings (SSSR count). The molecule has 2 aromatic carbocycles. The monoisotopic (exact) mass is 266 g/mol. The summed E-state index contributed by atoms with van der Waals surface area (Å²) in [4.78, 5) is 14.7. The van der Waals surface area contributed by atoms with Crippen LogP contribution in [-0.2, 0) is 9.53 Å². The van der Waals surface area contributed by atoms with Crippen LogP contribution in [-0.4, -0.2) is 23.6 Å². The van der Waals surface area contributed by atoms with Gasteiger partial charge in [0.25, 0.3) is 0 Å². The molecule has 0 amide bonds. The number of esters is 1. The molecule has 0 bridgehead atoms. The summed E-state index contributed by atoms with van der Waals surface area (Å²) in [6.07, 6.45) is 0. The fraction of sp³-hybridized carbons (Fsp3) is 0.125. The van der Waals surface area contributed by atoms with E-state index in [1.54, 1.807) is 12.1 Å². The molecule has 20 heavy (non-hydrogen) atoms. The molecule has 0 aromatic heterocycles. The molecule has 0 aliphatic rings. The number of benzene rings is 2. The lowest BCUT2D eigenvalue weighted by molar-refractivity contribution is -0.137. The van der Waals surface area contributed by atoms with E-state index < -0.39 is 5.97 Å². The fourth-order valence-electron chi connectivity index (χ4n) is 1.98. The topological polar surface area (TPSA) is 62.7 Å². The lowest BCUT2D eigenvalue weighted by Gasteiger charge is -2.06. The first-order chi connectivity index (χ1) is 9.67. The van der Waals surface area contributed by atoms with Gasteiger partial charge in [-0.15, -0.1) is 0 Å². The highest BCUT2D eigenvalue weighted by Gasteiger charge is 2.26. The summed E-state index contributed by atoms with van der Waals surface area (Å²) in [6.45, 7) is 2.00. The van der Waals surface area contributed by atoms with E-state index in [4.69, 9.17) is 5.53 Å². The minimum Gasteiger partial charge on any atom is -0.460 e. The van der Waals surface area contributed by atoms with Gasteiger partial charge in [-0.25, -0.2) is 4.79 Å². The van der Waals surface area contributed by atoms with E-state index >= 15 is 0 Å². The number of carbonyl (C=O) groups is 1. The Labute approximate surface area is 117 Å². The Morgan fingerprint density at radius 2 is 1.75 bits per heavy atom. The van der Waals surface area contributed by atoms with Crippen LogP contribution in [0.1, 0.15) is 11.1 Å². The largest absolute Gasteiger partial charge is 0.460 e. The summed E-state index contributed by atoms with van der Waals surface area (Å²) in [7, 11) is 1.25. The molecular weight excluding hydrogens is 252 g/mol. The molecule has 0 saturated heterocycles. The summed E-state index contributed by atoms with van der Waals surface area (Å²) in [5.41, 5.74) is 12.4. The van der Waals surface area contributed by atoms with Crippen molar-refractivity contribution in [3.8, 4) is 11.1 Å². The summed E-state index contributed by atoms with van der Waals surface area (Å²) in [5.74, 6) is -0.674. The lowest BCUT2D eigenvalue weighted by atomic mass is 9.96. The standard InChI is InChI=1S/C16H14N2O2/c1-11-7-9-12(10-8-11)13-5-3-4-6-14(13)15(18-17)16(19)20-2/h3-10H,1-2H3. The predicted octanol–water partition coefficient (Wildman–Crippen LogP) is 2.85. The van der Waals surface area contributed by atoms with Gasteiger partial charge in [0.15, 0.2) is 0 Å². The van der Waals surface area contributed by atoms with Crippen molar-refractivity contribution in [2.75, 3.05) is 7.11 Å². The second-order valence-electron chi connectivity index (χ2n) is 4.35. The molecule has 4 nitrogen and oxygen atoms in total. The van der Waals surface area contributed by atoms with Crippen LogP contribution in [0.5, 0.6) is 0 Å². The highest BCUT2D eigenvalue weighted by molar-refractivity contribution is 6.42. The minimum atomic E-state index is -0.674. The Hall–Kier alpha value is -2.71. The van der Waals surface area contributed by atoms with Gasteiger partial charge in [-0.1, -0.05) is 48.0 Å². The molecule has 0 fully saturated rings. The summed E-state index contributed by atoms with van der Waals surface area (Å²) in [5, 5.41) is 0. The lowest BCUT2D eigenvalue weighted by Crippen LogP contribution is -2.19. The highest BCUT2D eigenvalue weighted by atomic mass is 16.5. The molecule has 0 saturated carbocycles. The Morgan fingerprint density at radius 1 is 1.10 bits per heavy atom. The summed E-state index contributed by atoms with van der Waals surface area (Å²) < 4.78 is 4.64. The number of ether oxygens (including phenoxy) is 1. The Kier molecular flexibility index (Phi) is 4.08. The zero-order valence-corrected chi connectivity index (χ0v) is 11.3. The molecule has 100 valence electrons. The van der Waals surface area contributed by atoms with Crippen molar-refractivity contribution >= 4 is 11.7 Å². The van der Waals surface area contributed by atoms with Crippen molar-refractivity contribution in [3.05, 3.63) is 65.2 Å². The second-order valence-corrected chi connectivity index (χ2v) is 4.35. The van der Waals surface area contributed by atoms with E-state index in [1.807, 2.05) is 43.3 Å². The molecule has 0 unspecified atom stereocenters. The Bertz CT molecular complexity index is 684. The molecule has 4 heteroatoms. The smallest absolute Gasteiger partial charge is 0.422 e. The number of nitrogens with zero attached hydrogens (tertiary/aromatic N) is 2. The number of rotatable bonds is 3. The van der Waals surface area contributed by atoms with Crippen LogP contribution in [0, 0.1) is 6.92 Å². The van der Waals surface area contributed by atoms with Crippen molar-refractivity contribution in [3.63, 3.8) is 0 Å². The van der Waals surface area contributed by atoms with Crippen molar-refractivity contribution in [1.82, 2.24) is 0 Å². The van der Waals surface area contributed by atoms with Crippen LogP contribution in [0.4, 0.5) is 0 Å². The number of hydrogen-bond donors (Lipinski definition) is 0. The fourth-order valence-corrected chi connectivity index (χ4v) is 1.98. The molecule has 0 atom stereocenters. The highest BCUT2D eigenvalue weighted by Crippen LogP contribution is 2.24. The number of aryl methyl sites for hydroxylation is 1. The average Bonchev–Trinajstić information content (AvgIpc) is 2.49. The molecule has 0 radical (unpaired) electrons. The van der Waals surface area contributed by atoms with E-state index in [2.05, 4.69) is 9.53 Å². The Morgan fingerprint density at radius 3 is 2.35 bits per heavy atom. The summed E-state index contributed by atoms with van der Waals surface area (Å²) >= 11 is 0. The van der Waals surface area contributed by atoms with Gasteiger partial charge in [-0.3, -0.25) is 0 Å². The maximum Gasteiger partial charge on any atom is 0.422 e. The predicted molar refractivity (Wildman–Crippen MR) is 76.4 cm³/mol. The van der Waals surface area contributed by atoms with Crippen LogP contribution >= 0.6 is 0 Å². The van der Waals surface area contributed by atoms with Gasteiger partial charge >= 0.3 is 11.7 Å². The third-order valence-corrected chi connectivity index (χ3v) is 3.02. The van der Waals surface area contributed by atoms with Crippen LogP contribution in [0.3, 0.4) is 0 Å². The van der Waals surface area contributed by atoms with E-state index in [0.717, 1.165) is 16.7 Å². The molecule has 0 heterocycles. The SMILES string of the molecule is COC(=O)C(=[N+]=[N-])c1ccccc1-c1ccc(C)cc1. The van der Waals surface area contributed by atoms with E-state index in [1.165, 1.54) is 7.11 Å². The zero-order chi connectivity index (χ0) is 14.5. The minimum absolute atomic E-state index is 0.108. The third kappa shape index (κ3) is 2.66. The molecule has 0 N–H and O–H groups in total. The first kappa shape index (κ1) is 13.7. The van der Waals surface area contributed by atoms with Gasteiger partial charge < -0.3 is 10.3 Å². The van der Waals surface area contributed by atoms with E-state index in [0.29, 0.717) is 5.56 Å². The molecule has 0 spiro atoms. The quantitative estimate of drug-likeness (QED) is 0.371. The number of hydrogen-bond acceptors (Lipinski definition) is 2. The van der Waals surface area contributed by atoms with Crippen molar-refractivity contribution in [2.24, 2.45) is 0 Å². The average molecular weight is 266 g/mol. The van der Waals surface area contributed by atoms with Gasteiger partial charge in [0, 0.05) is 0 Å². The van der Waals surface area contributed by atoms with Gasteiger partial charge in [-0.2, -0.15) is 4.79 Å². The first-order valence-corrected chi connectivity index (χ1v) is 6.14.